The zero-order valence-electron chi connectivity index (χ0n) is 33.6. The van der Waals surface area contributed by atoms with Gasteiger partial charge in [-0.05, 0) is 62.3 Å². The smallest absolute Gasteiger partial charge is 0.408 e. The van der Waals surface area contributed by atoms with Crippen molar-refractivity contribution in [3.63, 3.8) is 0 Å². The second kappa shape index (κ2) is 28.5. The van der Waals surface area contributed by atoms with Gasteiger partial charge in [-0.25, -0.2) is 14.4 Å². The van der Waals surface area contributed by atoms with E-state index in [1.165, 1.54) is 19.1 Å². The Labute approximate surface area is 373 Å². The fraction of sp³-hybridized carbons (Fsp3) is 0.372. The predicted molar refractivity (Wildman–Crippen MR) is 241 cm³/mol. The number of alkyl halides is 2. The number of carbonyl (C=O) groups excluding carboxylic acids is 5. The van der Waals surface area contributed by atoms with Crippen molar-refractivity contribution >= 4 is 75.2 Å². The molecule has 1 fully saturated rings. The minimum atomic E-state index is -0.846. The number of hydrogen-bond acceptors (Lipinski definition) is 11. The van der Waals surface area contributed by atoms with Gasteiger partial charge in [0.05, 0.1) is 26.7 Å². The van der Waals surface area contributed by atoms with Crippen LogP contribution in [0, 0.1) is 23.7 Å². The number of amides is 3. The molecule has 0 saturated carbocycles. The minimum Gasteiger partial charge on any atom is -0.469 e. The molecule has 0 aromatic heterocycles. The molecule has 59 heavy (non-hydrogen) atoms. The first-order valence-corrected chi connectivity index (χ1v) is 22.6. The molecular weight excluding hydrogens is 984 g/mol. The number of hydrogen-bond donors (Lipinski definition) is 4. The standard InChI is InChI=1S/C41H45N5O9.2CH3I/c1-52-38(48)22-34-19-29(11-5-15-54-40(50)44-26-33-10-4-9-32(21-33)25-43)18-30(20-34)12-6-16-55-41(51)45-35-23-36(39(49)53-2)46(27-35)37(47)14-13-28-7-3-8-31(17-28)24-42;2*1-2/h3-4,7-10,17-21,35-36H,13-16,22-27,42-43H2,1-2H3,(H,44,50)(H,45,51);2*1H3. The molecule has 316 valence electrons. The lowest BCUT2D eigenvalue weighted by Gasteiger charge is -2.22. The lowest BCUT2D eigenvalue weighted by atomic mass is 10.0. The first-order chi connectivity index (χ1) is 28.6. The fourth-order valence-corrected chi connectivity index (χ4v) is 5.84. The number of benzene rings is 3. The van der Waals surface area contributed by atoms with Crippen LogP contribution in [0.4, 0.5) is 9.59 Å². The Morgan fingerprint density at radius 1 is 0.746 bits per heavy atom. The maximum absolute atomic E-state index is 13.2. The van der Waals surface area contributed by atoms with Crippen molar-refractivity contribution in [2.45, 2.75) is 57.4 Å². The quantitative estimate of drug-likeness (QED) is 0.0616. The van der Waals surface area contributed by atoms with E-state index < -0.39 is 36.2 Å². The average Bonchev–Trinajstić information content (AvgIpc) is 3.69. The van der Waals surface area contributed by atoms with Gasteiger partial charge in [-0.3, -0.25) is 9.59 Å². The number of nitrogens with zero attached hydrogens (tertiary/aromatic N) is 1. The molecule has 0 spiro atoms. The van der Waals surface area contributed by atoms with E-state index in [-0.39, 0.29) is 51.5 Å². The van der Waals surface area contributed by atoms with E-state index in [0.717, 1.165) is 22.3 Å². The third-order valence-corrected chi connectivity index (χ3v) is 8.52. The van der Waals surface area contributed by atoms with Crippen LogP contribution >= 0.6 is 45.2 Å². The largest absolute Gasteiger partial charge is 0.469 e. The van der Waals surface area contributed by atoms with E-state index in [0.29, 0.717) is 36.2 Å². The second-order valence-electron chi connectivity index (χ2n) is 12.5. The van der Waals surface area contributed by atoms with E-state index >= 15 is 0 Å². The van der Waals surface area contributed by atoms with E-state index in [1.54, 1.807) is 18.2 Å². The monoisotopic (exact) mass is 1040 g/mol. The van der Waals surface area contributed by atoms with Gasteiger partial charge in [0.25, 0.3) is 0 Å². The van der Waals surface area contributed by atoms with E-state index in [9.17, 15) is 24.0 Å². The number of alkyl carbamates (subject to hydrolysis) is 2. The number of nitrogens with one attached hydrogen (secondary N) is 2. The number of halogens is 2. The van der Waals surface area contributed by atoms with Crippen LogP contribution < -0.4 is 22.1 Å². The molecule has 1 heterocycles. The van der Waals surface area contributed by atoms with Gasteiger partial charge in [0, 0.05) is 50.1 Å². The fourth-order valence-electron chi connectivity index (χ4n) is 5.84. The zero-order chi connectivity index (χ0) is 43.6. The molecular formula is C43H51I2N5O9. The molecule has 2 unspecified atom stereocenters. The molecule has 1 aliphatic rings. The number of methoxy groups -OCH3 is 2. The Bertz CT molecular complexity index is 1990. The molecule has 1 saturated heterocycles. The SMILES string of the molecule is CI.CI.COC(=O)Cc1cc(C#CCOC(=O)NCc2cccc(CN)c2)cc(C#CCOC(=O)NC2CC(C(=O)OC)N(C(=O)CCc3cccc(CN)c3)C2)c1. The number of carbonyl (C=O) groups is 5. The average molecular weight is 1040 g/mol. The van der Waals surface area contributed by atoms with Crippen LogP contribution in [0.5, 0.6) is 0 Å². The third kappa shape index (κ3) is 18.3. The summed E-state index contributed by atoms with van der Waals surface area (Å²) in [5, 5.41) is 5.37. The zero-order valence-corrected chi connectivity index (χ0v) is 37.9. The summed E-state index contributed by atoms with van der Waals surface area (Å²) in [6.45, 7) is 0.709. The summed E-state index contributed by atoms with van der Waals surface area (Å²) >= 11 is 4.30. The van der Waals surface area contributed by atoms with Crippen molar-refractivity contribution in [1.29, 1.82) is 0 Å². The van der Waals surface area contributed by atoms with Crippen LogP contribution in [0.25, 0.3) is 0 Å². The Morgan fingerprint density at radius 2 is 1.31 bits per heavy atom. The number of ether oxygens (including phenoxy) is 4. The highest BCUT2D eigenvalue weighted by atomic mass is 127. The number of esters is 2. The van der Waals surface area contributed by atoms with E-state index in [1.807, 2.05) is 58.4 Å². The Hall–Kier alpha value is -4.89. The van der Waals surface area contributed by atoms with Crippen LogP contribution in [0.15, 0.2) is 66.7 Å². The lowest BCUT2D eigenvalue weighted by molar-refractivity contribution is -0.150. The number of aryl methyl sites for hydroxylation is 1. The molecule has 3 aromatic carbocycles. The van der Waals surface area contributed by atoms with Gasteiger partial charge in [-0.15, -0.1) is 0 Å². The maximum Gasteiger partial charge on any atom is 0.408 e. The summed E-state index contributed by atoms with van der Waals surface area (Å²) in [4.78, 5) is 67.8. The topological polar surface area (TPSA) is 202 Å². The van der Waals surface area contributed by atoms with Crippen molar-refractivity contribution in [2.24, 2.45) is 11.5 Å². The first-order valence-electron chi connectivity index (χ1n) is 18.3. The maximum atomic E-state index is 13.2. The molecule has 14 nitrogen and oxygen atoms in total. The molecule has 2 atom stereocenters. The summed E-state index contributed by atoms with van der Waals surface area (Å²) in [5.74, 6) is 10.1. The van der Waals surface area contributed by atoms with E-state index in [2.05, 4.69) is 79.5 Å². The van der Waals surface area contributed by atoms with Crippen LogP contribution in [0.3, 0.4) is 0 Å². The van der Waals surface area contributed by atoms with E-state index in [4.69, 9.17) is 30.4 Å². The molecule has 3 amide bonds. The highest BCUT2D eigenvalue weighted by Gasteiger charge is 2.40. The predicted octanol–water partition coefficient (Wildman–Crippen LogP) is 4.55. The molecule has 0 radical (unpaired) electrons. The normalized spacial score (nSPS) is 13.5. The highest BCUT2D eigenvalue weighted by Crippen LogP contribution is 2.21. The van der Waals surface area contributed by atoms with Crippen LogP contribution in [0.1, 0.15) is 51.8 Å². The van der Waals surface area contributed by atoms with Crippen molar-refractivity contribution in [2.75, 3.05) is 43.8 Å². The highest BCUT2D eigenvalue weighted by molar-refractivity contribution is 14.1. The summed E-state index contributed by atoms with van der Waals surface area (Å²) < 4.78 is 20.1. The molecule has 16 heteroatoms. The van der Waals surface area contributed by atoms with Crippen molar-refractivity contribution in [3.05, 3.63) is 106 Å². The van der Waals surface area contributed by atoms with Crippen LogP contribution in [-0.2, 0) is 65.8 Å². The van der Waals surface area contributed by atoms with Crippen molar-refractivity contribution in [3.8, 4) is 23.7 Å². The van der Waals surface area contributed by atoms with Gasteiger partial charge in [0.2, 0.25) is 5.91 Å². The summed E-state index contributed by atoms with van der Waals surface area (Å²) in [6, 6.07) is 18.8. The molecule has 3 aromatic rings. The van der Waals surface area contributed by atoms with Gasteiger partial charge in [0.15, 0.2) is 13.2 Å². The number of likely N-dealkylation sites (tertiary alicyclic amines) is 1. The minimum absolute atomic E-state index is 0.0290. The van der Waals surface area contributed by atoms with Gasteiger partial charge in [-0.1, -0.05) is 117 Å². The van der Waals surface area contributed by atoms with Crippen molar-refractivity contribution < 1.29 is 42.9 Å². The Kier molecular flexibility index (Phi) is 24.3. The summed E-state index contributed by atoms with van der Waals surface area (Å²) in [7, 11) is 2.53. The molecule has 4 rings (SSSR count). The van der Waals surface area contributed by atoms with Gasteiger partial charge >= 0.3 is 24.1 Å². The first kappa shape index (κ1) is 50.3. The molecule has 6 N–H and O–H groups in total. The summed E-state index contributed by atoms with van der Waals surface area (Å²) in [5.41, 5.74) is 16.7. The Morgan fingerprint density at radius 3 is 1.88 bits per heavy atom. The molecule has 0 bridgehead atoms. The van der Waals surface area contributed by atoms with Crippen LogP contribution in [0.2, 0.25) is 0 Å². The van der Waals surface area contributed by atoms with Crippen LogP contribution in [-0.4, -0.2) is 90.9 Å². The number of nitrogens with two attached hydrogens (primary N) is 2. The van der Waals surface area contributed by atoms with Gasteiger partial charge in [-0.2, -0.15) is 0 Å². The third-order valence-electron chi connectivity index (χ3n) is 8.52. The lowest BCUT2D eigenvalue weighted by Crippen LogP contribution is -2.42. The molecule has 0 aliphatic carbocycles. The van der Waals surface area contributed by atoms with Gasteiger partial charge in [0.1, 0.15) is 6.04 Å². The Balaban J connectivity index is 0.00000291. The second-order valence-corrected chi connectivity index (χ2v) is 12.5. The number of rotatable bonds is 13. The summed E-state index contributed by atoms with van der Waals surface area (Å²) in [6.07, 6.45) is -0.633. The van der Waals surface area contributed by atoms with Crippen molar-refractivity contribution in [1.82, 2.24) is 15.5 Å². The molecule has 1 aliphatic heterocycles. The van der Waals surface area contributed by atoms with Gasteiger partial charge < -0.3 is 45.9 Å².